The maximum Gasteiger partial charge on any atom is 0.223 e. The summed E-state index contributed by atoms with van der Waals surface area (Å²) in [6.45, 7) is 0.725. The van der Waals surface area contributed by atoms with Gasteiger partial charge in [0, 0.05) is 40.0 Å². The second-order valence-corrected chi connectivity index (χ2v) is 5.03. The fraction of sp³-hybridized carbons (Fsp3) is 0.467. The average molecular weight is 274 g/mol. The molecule has 0 aliphatic carbocycles. The van der Waals surface area contributed by atoms with Gasteiger partial charge in [0.1, 0.15) is 0 Å². The Bertz CT molecular complexity index is 486. The Kier molecular flexibility index (Phi) is 4.61. The molecule has 2 rings (SSSR count). The number of carbonyl (C=O) groups is 1. The van der Waals surface area contributed by atoms with Crippen LogP contribution in [-0.4, -0.2) is 44.5 Å². The SMILES string of the molecule is CN=C(NC)NCC1CC(=O)N(C)C1c1ccccc1. The number of aliphatic imine (C=N–C) groups is 1. The van der Waals surface area contributed by atoms with Crippen molar-refractivity contribution in [3.05, 3.63) is 35.9 Å². The predicted octanol–water partition coefficient (Wildman–Crippen LogP) is 1.00. The molecule has 1 aliphatic heterocycles. The molecule has 0 bridgehead atoms. The van der Waals surface area contributed by atoms with Crippen molar-refractivity contribution in [2.75, 3.05) is 27.7 Å². The van der Waals surface area contributed by atoms with Crippen molar-refractivity contribution >= 4 is 11.9 Å². The quantitative estimate of drug-likeness (QED) is 0.638. The van der Waals surface area contributed by atoms with E-state index < -0.39 is 0 Å². The Morgan fingerprint density at radius 1 is 1.40 bits per heavy atom. The summed E-state index contributed by atoms with van der Waals surface area (Å²) in [5.41, 5.74) is 1.19. The van der Waals surface area contributed by atoms with Crippen LogP contribution in [0.2, 0.25) is 0 Å². The summed E-state index contributed by atoms with van der Waals surface area (Å²) in [6, 6.07) is 10.3. The third-order valence-electron chi connectivity index (χ3n) is 3.83. The zero-order valence-electron chi connectivity index (χ0n) is 12.3. The van der Waals surface area contributed by atoms with Gasteiger partial charge in [0.05, 0.1) is 6.04 Å². The number of benzene rings is 1. The molecule has 2 atom stereocenters. The molecule has 0 radical (unpaired) electrons. The maximum atomic E-state index is 12.0. The lowest BCUT2D eigenvalue weighted by atomic mass is 9.94. The molecule has 1 amide bonds. The van der Waals surface area contributed by atoms with Crippen LogP contribution in [0.25, 0.3) is 0 Å². The van der Waals surface area contributed by atoms with Crippen LogP contribution in [0.1, 0.15) is 18.0 Å². The highest BCUT2D eigenvalue weighted by Gasteiger charge is 2.38. The molecule has 0 saturated carbocycles. The number of nitrogens with one attached hydrogen (secondary N) is 2. The molecule has 1 aromatic rings. The lowest BCUT2D eigenvalue weighted by Crippen LogP contribution is -2.38. The van der Waals surface area contributed by atoms with E-state index in [4.69, 9.17) is 0 Å². The molecule has 2 N–H and O–H groups in total. The fourth-order valence-corrected chi connectivity index (χ4v) is 2.79. The summed E-state index contributed by atoms with van der Waals surface area (Å²) in [6.07, 6.45) is 0.573. The minimum absolute atomic E-state index is 0.131. The molecule has 1 aliphatic rings. The normalized spacial score (nSPS) is 23.1. The van der Waals surface area contributed by atoms with Crippen molar-refractivity contribution in [3.8, 4) is 0 Å². The van der Waals surface area contributed by atoms with Gasteiger partial charge in [-0.05, 0) is 5.56 Å². The molecule has 0 spiro atoms. The second kappa shape index (κ2) is 6.41. The van der Waals surface area contributed by atoms with Crippen molar-refractivity contribution < 1.29 is 4.79 Å². The van der Waals surface area contributed by atoms with Gasteiger partial charge in [0.2, 0.25) is 5.91 Å². The lowest BCUT2D eigenvalue weighted by Gasteiger charge is -2.26. The maximum absolute atomic E-state index is 12.0. The Morgan fingerprint density at radius 3 is 2.70 bits per heavy atom. The van der Waals surface area contributed by atoms with Gasteiger partial charge in [-0.15, -0.1) is 0 Å². The highest BCUT2D eigenvalue weighted by molar-refractivity contribution is 5.81. The summed E-state index contributed by atoms with van der Waals surface area (Å²) < 4.78 is 0. The van der Waals surface area contributed by atoms with Gasteiger partial charge in [-0.3, -0.25) is 9.79 Å². The van der Waals surface area contributed by atoms with Crippen LogP contribution in [0.15, 0.2) is 35.3 Å². The van der Waals surface area contributed by atoms with E-state index in [0.717, 1.165) is 12.5 Å². The first-order valence-corrected chi connectivity index (χ1v) is 6.86. The number of amides is 1. The molecular weight excluding hydrogens is 252 g/mol. The van der Waals surface area contributed by atoms with Gasteiger partial charge in [-0.25, -0.2) is 0 Å². The smallest absolute Gasteiger partial charge is 0.223 e. The first-order chi connectivity index (χ1) is 9.67. The van der Waals surface area contributed by atoms with Gasteiger partial charge in [0.25, 0.3) is 0 Å². The molecule has 5 nitrogen and oxygen atoms in total. The van der Waals surface area contributed by atoms with E-state index in [9.17, 15) is 4.79 Å². The van der Waals surface area contributed by atoms with Crippen molar-refractivity contribution in [1.82, 2.24) is 15.5 Å². The minimum atomic E-state index is 0.131. The Balaban J connectivity index is 2.12. The van der Waals surface area contributed by atoms with E-state index in [0.29, 0.717) is 6.42 Å². The summed E-state index contributed by atoms with van der Waals surface area (Å²) in [4.78, 5) is 18.0. The van der Waals surface area contributed by atoms with Crippen LogP contribution in [-0.2, 0) is 4.79 Å². The third-order valence-corrected chi connectivity index (χ3v) is 3.83. The molecule has 1 fully saturated rings. The third kappa shape index (κ3) is 2.92. The second-order valence-electron chi connectivity index (χ2n) is 5.03. The Hall–Kier alpha value is -2.04. The minimum Gasteiger partial charge on any atom is -0.359 e. The summed E-state index contributed by atoms with van der Waals surface area (Å²) in [7, 11) is 5.45. The van der Waals surface area contributed by atoms with Gasteiger partial charge in [-0.2, -0.15) is 0 Å². The number of likely N-dealkylation sites (tertiary alicyclic amines) is 1. The first kappa shape index (κ1) is 14.4. The molecule has 2 unspecified atom stereocenters. The Morgan fingerprint density at radius 2 is 2.10 bits per heavy atom. The van der Waals surface area contributed by atoms with Crippen molar-refractivity contribution in [2.45, 2.75) is 12.5 Å². The predicted molar refractivity (Wildman–Crippen MR) is 80.5 cm³/mol. The number of guanidine groups is 1. The average Bonchev–Trinajstić information content (AvgIpc) is 2.76. The van der Waals surface area contributed by atoms with E-state index in [1.165, 1.54) is 5.56 Å². The molecule has 108 valence electrons. The van der Waals surface area contributed by atoms with E-state index in [1.54, 1.807) is 7.05 Å². The monoisotopic (exact) mass is 274 g/mol. The van der Waals surface area contributed by atoms with Crippen LogP contribution in [0.3, 0.4) is 0 Å². The van der Waals surface area contributed by atoms with Gasteiger partial charge in [-0.1, -0.05) is 30.3 Å². The fourth-order valence-electron chi connectivity index (χ4n) is 2.79. The first-order valence-electron chi connectivity index (χ1n) is 6.86. The van der Waals surface area contributed by atoms with Crippen LogP contribution >= 0.6 is 0 Å². The highest BCUT2D eigenvalue weighted by Crippen LogP contribution is 2.36. The van der Waals surface area contributed by atoms with Gasteiger partial charge >= 0.3 is 0 Å². The van der Waals surface area contributed by atoms with Crippen molar-refractivity contribution in [2.24, 2.45) is 10.9 Å². The highest BCUT2D eigenvalue weighted by atomic mass is 16.2. The Labute approximate surface area is 120 Å². The molecule has 1 aromatic carbocycles. The largest absolute Gasteiger partial charge is 0.359 e. The lowest BCUT2D eigenvalue weighted by molar-refractivity contribution is -0.127. The molecule has 1 heterocycles. The number of carbonyl (C=O) groups excluding carboxylic acids is 1. The number of hydrogen-bond donors (Lipinski definition) is 2. The van der Waals surface area contributed by atoms with Crippen LogP contribution < -0.4 is 10.6 Å². The van der Waals surface area contributed by atoms with Crippen LogP contribution in [0.4, 0.5) is 0 Å². The van der Waals surface area contributed by atoms with E-state index >= 15 is 0 Å². The summed E-state index contributed by atoms with van der Waals surface area (Å²) >= 11 is 0. The topological polar surface area (TPSA) is 56.7 Å². The van der Waals surface area contributed by atoms with E-state index in [2.05, 4.69) is 27.8 Å². The van der Waals surface area contributed by atoms with Crippen LogP contribution in [0, 0.1) is 5.92 Å². The zero-order chi connectivity index (χ0) is 14.5. The summed E-state index contributed by atoms with van der Waals surface area (Å²) in [5, 5.41) is 6.25. The molecule has 20 heavy (non-hydrogen) atoms. The van der Waals surface area contributed by atoms with E-state index in [-0.39, 0.29) is 17.9 Å². The molecule has 1 saturated heterocycles. The number of nitrogens with zero attached hydrogens (tertiary/aromatic N) is 2. The molecule has 0 aromatic heterocycles. The zero-order valence-corrected chi connectivity index (χ0v) is 12.3. The van der Waals surface area contributed by atoms with E-state index in [1.807, 2.05) is 37.2 Å². The summed E-state index contributed by atoms with van der Waals surface area (Å²) in [5.74, 6) is 1.20. The van der Waals surface area contributed by atoms with Gasteiger partial charge in [0.15, 0.2) is 5.96 Å². The van der Waals surface area contributed by atoms with Crippen LogP contribution in [0.5, 0.6) is 0 Å². The molecule has 5 heteroatoms. The number of rotatable bonds is 3. The number of hydrogen-bond acceptors (Lipinski definition) is 2. The van der Waals surface area contributed by atoms with Gasteiger partial charge < -0.3 is 15.5 Å². The molecular formula is C15H22N4O. The standard InChI is InChI=1S/C15H22N4O/c1-16-15(17-2)18-10-12-9-13(20)19(3)14(12)11-7-5-4-6-8-11/h4-8,12,14H,9-10H2,1-3H3,(H2,16,17,18). The van der Waals surface area contributed by atoms with Crippen molar-refractivity contribution in [3.63, 3.8) is 0 Å². The van der Waals surface area contributed by atoms with Crippen molar-refractivity contribution in [1.29, 1.82) is 0 Å².